The van der Waals surface area contributed by atoms with Crippen LogP contribution >= 0.6 is 0 Å². The molecule has 0 radical (unpaired) electrons. The molecule has 2 heterocycles. The van der Waals surface area contributed by atoms with Crippen LogP contribution in [-0.4, -0.2) is 105 Å². The van der Waals surface area contributed by atoms with E-state index in [4.69, 9.17) is 14.2 Å². The summed E-state index contributed by atoms with van der Waals surface area (Å²) in [6.45, 7) is 12.7. The molecule has 2 saturated heterocycles. The Morgan fingerprint density at radius 1 is 1.00 bits per heavy atom. The Morgan fingerprint density at radius 2 is 1.71 bits per heavy atom. The van der Waals surface area contributed by atoms with Crippen LogP contribution in [0.3, 0.4) is 0 Å². The maximum Gasteiger partial charge on any atom is 0.161 e. The Balaban J connectivity index is 1.46. The van der Waals surface area contributed by atoms with E-state index < -0.39 is 6.10 Å². The Bertz CT molecular complexity index is 587. The van der Waals surface area contributed by atoms with E-state index in [0.29, 0.717) is 12.3 Å². The number of morpholine rings is 1. The molecule has 7 nitrogen and oxygen atoms in total. The van der Waals surface area contributed by atoms with Gasteiger partial charge in [-0.2, -0.15) is 0 Å². The van der Waals surface area contributed by atoms with Crippen molar-refractivity contribution in [2.45, 2.75) is 19.6 Å². The number of nitrogens with zero attached hydrogens (tertiary/aromatic N) is 3. The molecule has 28 heavy (non-hydrogen) atoms. The van der Waals surface area contributed by atoms with Gasteiger partial charge in [0.1, 0.15) is 12.7 Å². The number of hydrogen-bond acceptors (Lipinski definition) is 7. The molecule has 0 bridgehead atoms. The van der Waals surface area contributed by atoms with Crippen LogP contribution < -0.4 is 9.47 Å². The van der Waals surface area contributed by atoms with E-state index in [-0.39, 0.29) is 6.61 Å². The average Bonchev–Trinajstić information content (AvgIpc) is 2.74. The fraction of sp³-hybridized carbons (Fsp3) is 0.714. The van der Waals surface area contributed by atoms with Crippen LogP contribution in [0.1, 0.15) is 12.5 Å². The molecule has 1 atom stereocenters. The predicted molar refractivity (Wildman–Crippen MR) is 109 cm³/mol. The summed E-state index contributed by atoms with van der Waals surface area (Å²) >= 11 is 0. The molecular weight excluding hydrogens is 358 g/mol. The highest BCUT2D eigenvalue weighted by Gasteiger charge is 2.19. The van der Waals surface area contributed by atoms with Gasteiger partial charge in [0.25, 0.3) is 0 Å². The highest BCUT2D eigenvalue weighted by atomic mass is 16.5. The maximum absolute atomic E-state index is 10.4. The van der Waals surface area contributed by atoms with Crippen molar-refractivity contribution in [1.29, 1.82) is 0 Å². The van der Waals surface area contributed by atoms with Crippen molar-refractivity contribution >= 4 is 0 Å². The van der Waals surface area contributed by atoms with Crippen LogP contribution in [0.2, 0.25) is 0 Å². The molecule has 3 rings (SSSR count). The number of piperazine rings is 1. The first kappa shape index (κ1) is 21.3. The SMILES string of the molecule is CCN1CCN(CC(O)COc2ccc(CN3CCOCC3)cc2OC)CC1. The average molecular weight is 394 g/mol. The van der Waals surface area contributed by atoms with Gasteiger partial charge in [0.15, 0.2) is 11.5 Å². The third kappa shape index (κ3) is 6.32. The number of methoxy groups -OCH3 is 1. The van der Waals surface area contributed by atoms with E-state index in [0.717, 1.165) is 71.3 Å². The van der Waals surface area contributed by atoms with Gasteiger partial charge in [0.2, 0.25) is 0 Å². The minimum atomic E-state index is -0.508. The van der Waals surface area contributed by atoms with Gasteiger partial charge < -0.3 is 24.2 Å². The Kier molecular flexibility index (Phi) is 8.36. The predicted octanol–water partition coefficient (Wildman–Crippen LogP) is 0.905. The highest BCUT2D eigenvalue weighted by molar-refractivity contribution is 5.43. The molecule has 158 valence electrons. The molecule has 1 N–H and O–H groups in total. The molecule has 0 aromatic heterocycles. The first-order chi connectivity index (χ1) is 13.7. The van der Waals surface area contributed by atoms with Crippen LogP contribution in [0.4, 0.5) is 0 Å². The zero-order valence-electron chi connectivity index (χ0n) is 17.3. The lowest BCUT2D eigenvalue weighted by molar-refractivity contribution is 0.0341. The second kappa shape index (κ2) is 11.0. The smallest absolute Gasteiger partial charge is 0.161 e. The van der Waals surface area contributed by atoms with Crippen molar-refractivity contribution in [3.05, 3.63) is 23.8 Å². The van der Waals surface area contributed by atoms with Gasteiger partial charge in [-0.25, -0.2) is 0 Å². The monoisotopic (exact) mass is 393 g/mol. The van der Waals surface area contributed by atoms with Gasteiger partial charge in [0, 0.05) is 52.4 Å². The molecule has 1 unspecified atom stereocenters. The van der Waals surface area contributed by atoms with Crippen LogP contribution in [0, 0.1) is 0 Å². The van der Waals surface area contributed by atoms with E-state index >= 15 is 0 Å². The number of aliphatic hydroxyl groups is 1. The van der Waals surface area contributed by atoms with Crippen molar-refractivity contribution in [3.63, 3.8) is 0 Å². The van der Waals surface area contributed by atoms with Gasteiger partial charge in [-0.1, -0.05) is 13.0 Å². The fourth-order valence-corrected chi connectivity index (χ4v) is 3.77. The highest BCUT2D eigenvalue weighted by Crippen LogP contribution is 2.29. The number of hydrogen-bond donors (Lipinski definition) is 1. The lowest BCUT2D eigenvalue weighted by Crippen LogP contribution is -2.49. The Hall–Kier alpha value is -1.38. The standard InChI is InChI=1S/C21H35N3O4/c1-3-22-6-8-23(9-7-22)16-19(25)17-28-20-5-4-18(14-21(20)26-2)15-24-10-12-27-13-11-24/h4-5,14,19,25H,3,6-13,15-17H2,1-2H3. The quantitative estimate of drug-likeness (QED) is 0.669. The molecule has 7 heteroatoms. The molecule has 0 spiro atoms. The summed E-state index contributed by atoms with van der Waals surface area (Å²) < 4.78 is 16.8. The Labute approximate surface area is 168 Å². The van der Waals surface area contributed by atoms with E-state index in [2.05, 4.69) is 27.7 Å². The van der Waals surface area contributed by atoms with Crippen LogP contribution in [0.25, 0.3) is 0 Å². The number of benzene rings is 1. The van der Waals surface area contributed by atoms with Crippen molar-refractivity contribution in [1.82, 2.24) is 14.7 Å². The number of aliphatic hydroxyl groups excluding tert-OH is 1. The number of rotatable bonds is 9. The fourth-order valence-electron chi connectivity index (χ4n) is 3.77. The van der Waals surface area contributed by atoms with Gasteiger partial charge in [0.05, 0.1) is 20.3 Å². The first-order valence-electron chi connectivity index (χ1n) is 10.4. The van der Waals surface area contributed by atoms with Gasteiger partial charge in [-0.05, 0) is 24.2 Å². The van der Waals surface area contributed by atoms with Crippen LogP contribution in [-0.2, 0) is 11.3 Å². The summed E-state index contributed by atoms with van der Waals surface area (Å²) in [5.41, 5.74) is 1.19. The van der Waals surface area contributed by atoms with Crippen molar-refractivity contribution in [2.24, 2.45) is 0 Å². The van der Waals surface area contributed by atoms with Gasteiger partial charge in [-0.3, -0.25) is 9.80 Å². The molecule has 2 aliphatic rings. The van der Waals surface area contributed by atoms with E-state index in [1.807, 2.05) is 12.1 Å². The number of ether oxygens (including phenoxy) is 3. The summed E-state index contributed by atoms with van der Waals surface area (Å²) in [6, 6.07) is 6.05. The lowest BCUT2D eigenvalue weighted by atomic mass is 10.2. The second-order valence-corrected chi connectivity index (χ2v) is 7.57. The maximum atomic E-state index is 10.4. The molecule has 1 aromatic rings. The molecule has 0 saturated carbocycles. The third-order valence-electron chi connectivity index (χ3n) is 5.55. The zero-order valence-corrected chi connectivity index (χ0v) is 17.3. The first-order valence-corrected chi connectivity index (χ1v) is 10.4. The molecule has 2 aliphatic heterocycles. The van der Waals surface area contributed by atoms with Crippen molar-refractivity contribution in [2.75, 3.05) is 79.3 Å². The molecule has 0 amide bonds. The van der Waals surface area contributed by atoms with Crippen molar-refractivity contribution < 1.29 is 19.3 Å². The summed E-state index contributed by atoms with van der Waals surface area (Å²) in [5.74, 6) is 1.40. The molecule has 2 fully saturated rings. The number of likely N-dealkylation sites (N-methyl/N-ethyl adjacent to an activating group) is 1. The molecule has 1 aromatic carbocycles. The topological polar surface area (TPSA) is 57.6 Å². The molecular formula is C21H35N3O4. The summed E-state index contributed by atoms with van der Waals surface area (Å²) in [7, 11) is 1.66. The third-order valence-corrected chi connectivity index (χ3v) is 5.55. The second-order valence-electron chi connectivity index (χ2n) is 7.57. The number of β-amino-alcohol motifs (C(OH)–C–C–N with tert-alkyl or cyclic N) is 1. The van der Waals surface area contributed by atoms with E-state index in [1.54, 1.807) is 7.11 Å². The van der Waals surface area contributed by atoms with E-state index in [9.17, 15) is 5.11 Å². The van der Waals surface area contributed by atoms with Crippen LogP contribution in [0.15, 0.2) is 18.2 Å². The summed E-state index contributed by atoms with van der Waals surface area (Å²) in [5, 5.41) is 10.4. The zero-order chi connectivity index (χ0) is 19.8. The largest absolute Gasteiger partial charge is 0.493 e. The minimum absolute atomic E-state index is 0.271. The van der Waals surface area contributed by atoms with Gasteiger partial charge in [-0.15, -0.1) is 0 Å². The minimum Gasteiger partial charge on any atom is -0.493 e. The molecule has 0 aliphatic carbocycles. The van der Waals surface area contributed by atoms with Gasteiger partial charge >= 0.3 is 0 Å². The summed E-state index contributed by atoms with van der Waals surface area (Å²) in [6.07, 6.45) is -0.508. The lowest BCUT2D eigenvalue weighted by Gasteiger charge is -2.34. The Morgan fingerprint density at radius 3 is 2.39 bits per heavy atom. The normalized spacial score (nSPS) is 20.8. The summed E-state index contributed by atoms with van der Waals surface area (Å²) in [4.78, 5) is 7.12. The van der Waals surface area contributed by atoms with Crippen LogP contribution in [0.5, 0.6) is 11.5 Å². The van der Waals surface area contributed by atoms with E-state index in [1.165, 1.54) is 5.56 Å². The van der Waals surface area contributed by atoms with Crippen molar-refractivity contribution in [3.8, 4) is 11.5 Å².